The number of aromatic nitrogens is 1. The third kappa shape index (κ3) is 4.74. The predicted octanol–water partition coefficient (Wildman–Crippen LogP) is 3.38. The summed E-state index contributed by atoms with van der Waals surface area (Å²) < 4.78 is 26.4. The molecule has 0 spiro atoms. The van der Waals surface area contributed by atoms with E-state index in [4.69, 9.17) is 0 Å². The Labute approximate surface area is 153 Å². The number of nitrogens with zero attached hydrogens (tertiary/aromatic N) is 2. The third-order valence-corrected chi connectivity index (χ3v) is 7.03. The van der Waals surface area contributed by atoms with Crippen molar-refractivity contribution in [3.63, 3.8) is 0 Å². The van der Waals surface area contributed by atoms with Crippen molar-refractivity contribution in [2.45, 2.75) is 29.6 Å². The van der Waals surface area contributed by atoms with Gasteiger partial charge in [0.05, 0.1) is 0 Å². The maximum Gasteiger partial charge on any atom is 0.244 e. The lowest BCUT2D eigenvalue weighted by Crippen LogP contribution is -2.27. The van der Waals surface area contributed by atoms with E-state index in [1.165, 1.54) is 21.0 Å². The first kappa shape index (κ1) is 18.2. The summed E-state index contributed by atoms with van der Waals surface area (Å²) in [5.74, 6) is 1.61. The number of pyridine rings is 1. The second kappa shape index (κ2) is 8.21. The fraction of sp³-hybridized carbons (Fsp3) is 0.389. The molecule has 1 aliphatic heterocycles. The van der Waals surface area contributed by atoms with Crippen molar-refractivity contribution >= 4 is 27.6 Å². The van der Waals surface area contributed by atoms with Crippen LogP contribution in [-0.2, 0) is 10.0 Å². The highest BCUT2D eigenvalue weighted by Crippen LogP contribution is 2.21. The van der Waals surface area contributed by atoms with Crippen molar-refractivity contribution < 1.29 is 8.42 Å². The molecule has 2 heterocycles. The number of rotatable bonds is 7. The summed E-state index contributed by atoms with van der Waals surface area (Å²) in [5, 5.41) is 3.23. The van der Waals surface area contributed by atoms with E-state index in [0.29, 0.717) is 18.9 Å². The molecule has 1 aliphatic rings. The minimum absolute atomic E-state index is 0.272. The van der Waals surface area contributed by atoms with Gasteiger partial charge in [-0.3, -0.25) is 0 Å². The summed E-state index contributed by atoms with van der Waals surface area (Å²) in [4.78, 5) is 5.76. The molecule has 0 atom stereocenters. The van der Waals surface area contributed by atoms with Crippen LogP contribution in [0.15, 0.2) is 52.4 Å². The standard InChI is InChI=1S/C18H23N3O2S2/c1-15-4-6-16(7-5-15)24-13-10-19-18-9-8-17(14-20-18)25(22,23)21-11-2-3-12-21/h4-9,14H,2-3,10-13H2,1H3,(H,19,20). The van der Waals surface area contributed by atoms with E-state index in [2.05, 4.69) is 41.5 Å². The first-order valence-corrected chi connectivity index (χ1v) is 10.9. The Bertz CT molecular complexity index is 784. The molecule has 0 radical (unpaired) electrons. The zero-order valence-electron chi connectivity index (χ0n) is 14.3. The third-order valence-electron chi connectivity index (χ3n) is 4.14. The lowest BCUT2D eigenvalue weighted by Gasteiger charge is -2.15. The van der Waals surface area contributed by atoms with E-state index in [1.807, 2.05) is 0 Å². The Balaban J connectivity index is 1.50. The lowest BCUT2D eigenvalue weighted by atomic mass is 10.2. The van der Waals surface area contributed by atoms with Crippen LogP contribution in [0.4, 0.5) is 5.82 Å². The predicted molar refractivity (Wildman–Crippen MR) is 103 cm³/mol. The van der Waals surface area contributed by atoms with Gasteiger partial charge in [0.25, 0.3) is 0 Å². The topological polar surface area (TPSA) is 62.3 Å². The van der Waals surface area contributed by atoms with Gasteiger partial charge in [-0.1, -0.05) is 17.7 Å². The molecule has 25 heavy (non-hydrogen) atoms. The molecule has 1 aromatic carbocycles. The van der Waals surface area contributed by atoms with Crippen LogP contribution in [0.5, 0.6) is 0 Å². The zero-order chi connectivity index (χ0) is 17.7. The number of thioether (sulfide) groups is 1. The normalized spacial score (nSPS) is 15.4. The molecular weight excluding hydrogens is 354 g/mol. The highest BCUT2D eigenvalue weighted by Gasteiger charge is 2.27. The lowest BCUT2D eigenvalue weighted by molar-refractivity contribution is 0.477. The molecule has 1 fully saturated rings. The minimum atomic E-state index is -3.38. The summed E-state index contributed by atoms with van der Waals surface area (Å²) in [5.41, 5.74) is 1.26. The number of sulfonamides is 1. The average molecular weight is 378 g/mol. The molecule has 134 valence electrons. The number of hydrogen-bond donors (Lipinski definition) is 1. The van der Waals surface area contributed by atoms with Gasteiger partial charge in [-0.2, -0.15) is 4.31 Å². The van der Waals surface area contributed by atoms with Crippen LogP contribution in [0, 0.1) is 6.92 Å². The quantitative estimate of drug-likeness (QED) is 0.592. The SMILES string of the molecule is Cc1ccc(SCCNc2ccc(S(=O)(=O)N3CCCC3)cn2)cc1. The number of benzene rings is 1. The van der Waals surface area contributed by atoms with Crippen LogP contribution in [0.1, 0.15) is 18.4 Å². The van der Waals surface area contributed by atoms with Crippen LogP contribution < -0.4 is 5.32 Å². The minimum Gasteiger partial charge on any atom is -0.369 e. The molecule has 1 N–H and O–H groups in total. The van der Waals surface area contributed by atoms with E-state index in [1.54, 1.807) is 23.9 Å². The zero-order valence-corrected chi connectivity index (χ0v) is 15.9. The molecule has 7 heteroatoms. The van der Waals surface area contributed by atoms with Gasteiger partial charge in [0.2, 0.25) is 10.0 Å². The Morgan fingerprint density at radius 3 is 2.48 bits per heavy atom. The van der Waals surface area contributed by atoms with Crippen molar-refractivity contribution in [1.82, 2.24) is 9.29 Å². The van der Waals surface area contributed by atoms with Gasteiger partial charge in [-0.05, 0) is 44.0 Å². The van der Waals surface area contributed by atoms with Crippen LogP contribution in [-0.4, -0.2) is 43.1 Å². The van der Waals surface area contributed by atoms with Gasteiger partial charge in [0.1, 0.15) is 10.7 Å². The largest absolute Gasteiger partial charge is 0.369 e. The molecule has 0 unspecified atom stereocenters. The van der Waals surface area contributed by atoms with Crippen molar-refractivity contribution in [2.75, 3.05) is 30.7 Å². The van der Waals surface area contributed by atoms with E-state index >= 15 is 0 Å². The molecule has 3 rings (SSSR count). The fourth-order valence-corrected chi connectivity index (χ4v) is 4.93. The second-order valence-electron chi connectivity index (χ2n) is 6.08. The van der Waals surface area contributed by atoms with E-state index in [-0.39, 0.29) is 4.90 Å². The summed E-state index contributed by atoms with van der Waals surface area (Å²) in [6.45, 7) is 4.07. The Morgan fingerprint density at radius 1 is 1.12 bits per heavy atom. The summed E-state index contributed by atoms with van der Waals surface area (Å²) in [7, 11) is -3.38. The summed E-state index contributed by atoms with van der Waals surface area (Å²) in [6.07, 6.45) is 3.32. The first-order valence-electron chi connectivity index (χ1n) is 8.45. The van der Waals surface area contributed by atoms with E-state index < -0.39 is 10.0 Å². The molecule has 0 bridgehead atoms. The van der Waals surface area contributed by atoms with Crippen LogP contribution >= 0.6 is 11.8 Å². The second-order valence-corrected chi connectivity index (χ2v) is 9.18. The van der Waals surface area contributed by atoms with Crippen LogP contribution in [0.2, 0.25) is 0 Å². The number of anilines is 1. The number of hydrogen-bond acceptors (Lipinski definition) is 5. The van der Waals surface area contributed by atoms with Crippen molar-refractivity contribution in [3.05, 3.63) is 48.2 Å². The molecule has 0 aliphatic carbocycles. The molecule has 5 nitrogen and oxygen atoms in total. The van der Waals surface area contributed by atoms with Gasteiger partial charge in [-0.25, -0.2) is 13.4 Å². The van der Waals surface area contributed by atoms with Gasteiger partial charge >= 0.3 is 0 Å². The molecule has 0 amide bonds. The highest BCUT2D eigenvalue weighted by molar-refractivity contribution is 7.99. The smallest absolute Gasteiger partial charge is 0.244 e. The molecular formula is C18H23N3O2S2. The maximum absolute atomic E-state index is 12.4. The van der Waals surface area contributed by atoms with Crippen LogP contribution in [0.3, 0.4) is 0 Å². The average Bonchev–Trinajstić information content (AvgIpc) is 3.16. The first-order chi connectivity index (χ1) is 12.1. The van der Waals surface area contributed by atoms with E-state index in [0.717, 1.165) is 25.1 Å². The Morgan fingerprint density at radius 2 is 1.84 bits per heavy atom. The van der Waals surface area contributed by atoms with Gasteiger partial charge in [0.15, 0.2) is 0 Å². The van der Waals surface area contributed by atoms with Gasteiger partial charge in [0, 0.05) is 36.5 Å². The molecule has 2 aromatic rings. The van der Waals surface area contributed by atoms with Crippen molar-refractivity contribution in [3.8, 4) is 0 Å². The highest BCUT2D eigenvalue weighted by atomic mass is 32.2. The molecule has 0 saturated carbocycles. The summed E-state index contributed by atoms with van der Waals surface area (Å²) >= 11 is 1.78. The van der Waals surface area contributed by atoms with E-state index in [9.17, 15) is 8.42 Å². The maximum atomic E-state index is 12.4. The monoisotopic (exact) mass is 377 g/mol. The molecule has 1 saturated heterocycles. The number of aryl methyl sites for hydroxylation is 1. The number of nitrogens with one attached hydrogen (secondary N) is 1. The summed E-state index contributed by atoms with van der Waals surface area (Å²) in [6, 6.07) is 11.8. The molecule has 1 aromatic heterocycles. The fourth-order valence-electron chi connectivity index (χ4n) is 2.70. The van der Waals surface area contributed by atoms with Gasteiger partial charge in [-0.15, -0.1) is 11.8 Å². The Kier molecular flexibility index (Phi) is 5.98. The van der Waals surface area contributed by atoms with Gasteiger partial charge < -0.3 is 5.32 Å². The van der Waals surface area contributed by atoms with Crippen molar-refractivity contribution in [1.29, 1.82) is 0 Å². The van der Waals surface area contributed by atoms with Crippen molar-refractivity contribution in [2.24, 2.45) is 0 Å². The Hall–Kier alpha value is -1.57. The van der Waals surface area contributed by atoms with Crippen LogP contribution in [0.25, 0.3) is 0 Å².